The number of rotatable bonds is 11. The van der Waals surface area contributed by atoms with Gasteiger partial charge in [-0.1, -0.05) is 0 Å². The topological polar surface area (TPSA) is 138 Å². The van der Waals surface area contributed by atoms with Gasteiger partial charge in [-0.15, -0.1) is 0 Å². The van der Waals surface area contributed by atoms with Crippen LogP contribution in [0.3, 0.4) is 0 Å². The minimum Gasteiger partial charge on any atom is -0.493 e. The molecule has 0 fully saturated rings. The standard InChI is InChI=1S/C36H34N4O7/c1-5-46-31-13-23-12-24(19-41)28(20-42)34(25(23)15-32(31)47-6-2)21-9-11-38-33(14-21)40-36(43)27-17-30(45-4)29(44-3)16-26(27)35(39-40)22-8-7-10-37-18-22/h7-18,41-42H,5-6,19-20H2,1-4H3. The summed E-state index contributed by atoms with van der Waals surface area (Å²) < 4.78 is 24.1. The van der Waals surface area contributed by atoms with E-state index in [1.54, 1.807) is 48.9 Å². The molecule has 0 radical (unpaired) electrons. The van der Waals surface area contributed by atoms with E-state index in [0.717, 1.165) is 10.8 Å². The van der Waals surface area contributed by atoms with Crippen LogP contribution in [0.5, 0.6) is 23.0 Å². The molecule has 0 atom stereocenters. The molecule has 0 aliphatic carbocycles. The van der Waals surface area contributed by atoms with Crippen molar-refractivity contribution in [2.75, 3.05) is 27.4 Å². The van der Waals surface area contributed by atoms with Crippen LogP contribution in [0.1, 0.15) is 25.0 Å². The third kappa shape index (κ3) is 5.71. The number of hydrogen-bond acceptors (Lipinski definition) is 10. The van der Waals surface area contributed by atoms with Crippen molar-refractivity contribution in [3.63, 3.8) is 0 Å². The fraction of sp³-hybridized carbons (Fsp3) is 0.222. The van der Waals surface area contributed by atoms with E-state index in [1.807, 2.05) is 38.1 Å². The maximum atomic E-state index is 14.1. The third-order valence-electron chi connectivity index (χ3n) is 7.92. The second kappa shape index (κ2) is 13.5. The van der Waals surface area contributed by atoms with Crippen LogP contribution in [0.2, 0.25) is 0 Å². The number of fused-ring (bicyclic) bond motifs is 2. The first-order chi connectivity index (χ1) is 23.0. The van der Waals surface area contributed by atoms with Gasteiger partial charge in [-0.25, -0.2) is 4.98 Å². The Labute approximate surface area is 270 Å². The molecule has 0 saturated heterocycles. The van der Waals surface area contributed by atoms with Gasteiger partial charge in [0.1, 0.15) is 5.69 Å². The van der Waals surface area contributed by atoms with E-state index in [9.17, 15) is 15.0 Å². The molecule has 6 aromatic rings. The fourth-order valence-electron chi connectivity index (χ4n) is 5.82. The first-order valence-electron chi connectivity index (χ1n) is 15.1. The predicted octanol–water partition coefficient (Wildman–Crippen LogP) is 5.46. The molecule has 3 aromatic heterocycles. The van der Waals surface area contributed by atoms with Gasteiger partial charge in [0.25, 0.3) is 5.56 Å². The van der Waals surface area contributed by atoms with Gasteiger partial charge in [-0.3, -0.25) is 9.78 Å². The average Bonchev–Trinajstić information content (AvgIpc) is 3.11. The van der Waals surface area contributed by atoms with Gasteiger partial charge in [-0.2, -0.15) is 9.78 Å². The van der Waals surface area contributed by atoms with Gasteiger partial charge in [-0.05, 0) is 101 Å². The average molecular weight is 635 g/mol. The minimum absolute atomic E-state index is 0.247. The van der Waals surface area contributed by atoms with Gasteiger partial charge in [0.15, 0.2) is 28.8 Å². The number of aromatic nitrogens is 4. The molecule has 47 heavy (non-hydrogen) atoms. The van der Waals surface area contributed by atoms with Crippen LogP contribution < -0.4 is 24.5 Å². The maximum absolute atomic E-state index is 14.1. The van der Waals surface area contributed by atoms with Crippen molar-refractivity contribution in [1.29, 1.82) is 0 Å². The Bertz CT molecular complexity index is 2150. The van der Waals surface area contributed by atoms with Crippen LogP contribution in [0.25, 0.3) is 49.7 Å². The van der Waals surface area contributed by atoms with E-state index in [2.05, 4.69) is 9.97 Å². The summed E-state index contributed by atoms with van der Waals surface area (Å²) in [6.07, 6.45) is 4.91. The van der Waals surface area contributed by atoms with Crippen molar-refractivity contribution in [2.24, 2.45) is 0 Å². The van der Waals surface area contributed by atoms with Crippen LogP contribution in [0.15, 0.2) is 78.0 Å². The Balaban J connectivity index is 1.64. The van der Waals surface area contributed by atoms with Crippen molar-refractivity contribution < 1.29 is 29.2 Å². The second-order valence-corrected chi connectivity index (χ2v) is 10.6. The van der Waals surface area contributed by atoms with Gasteiger partial charge < -0.3 is 29.2 Å². The van der Waals surface area contributed by atoms with Crippen molar-refractivity contribution in [1.82, 2.24) is 19.7 Å². The lowest BCUT2D eigenvalue weighted by atomic mass is 9.90. The molecule has 3 aromatic carbocycles. The van der Waals surface area contributed by atoms with Gasteiger partial charge in [0.05, 0.1) is 46.0 Å². The number of hydrogen-bond donors (Lipinski definition) is 2. The Kier molecular flexibility index (Phi) is 9.01. The molecule has 0 saturated carbocycles. The van der Waals surface area contributed by atoms with Gasteiger partial charge in [0, 0.05) is 29.5 Å². The summed E-state index contributed by atoms with van der Waals surface area (Å²) in [6.45, 7) is 4.03. The molecule has 11 nitrogen and oxygen atoms in total. The number of ether oxygens (including phenoxy) is 4. The molecule has 0 aliphatic heterocycles. The van der Waals surface area contributed by atoms with Crippen LogP contribution >= 0.6 is 0 Å². The van der Waals surface area contributed by atoms with E-state index in [0.29, 0.717) is 80.5 Å². The summed E-state index contributed by atoms with van der Waals surface area (Å²) in [5.41, 5.74) is 3.16. The molecule has 11 heteroatoms. The zero-order valence-corrected chi connectivity index (χ0v) is 26.5. The highest BCUT2D eigenvalue weighted by molar-refractivity contribution is 6.01. The second-order valence-electron chi connectivity index (χ2n) is 10.6. The molecule has 240 valence electrons. The number of benzene rings is 3. The van der Waals surface area contributed by atoms with Gasteiger partial charge in [0.2, 0.25) is 0 Å². The summed E-state index contributed by atoms with van der Waals surface area (Å²) in [5.74, 6) is 2.22. The number of aliphatic hydroxyl groups excluding tert-OH is 2. The number of aliphatic hydroxyl groups is 2. The molecule has 0 bridgehead atoms. The van der Waals surface area contributed by atoms with Crippen molar-refractivity contribution in [2.45, 2.75) is 27.1 Å². The molecule has 0 amide bonds. The van der Waals surface area contributed by atoms with Crippen LogP contribution in [-0.2, 0) is 13.2 Å². The number of pyridine rings is 2. The lowest BCUT2D eigenvalue weighted by Crippen LogP contribution is -2.23. The zero-order valence-electron chi connectivity index (χ0n) is 26.5. The van der Waals surface area contributed by atoms with E-state index < -0.39 is 5.56 Å². The Hall–Kier alpha value is -5.52. The Morgan fingerprint density at radius 3 is 2.11 bits per heavy atom. The highest BCUT2D eigenvalue weighted by Crippen LogP contribution is 2.41. The van der Waals surface area contributed by atoms with E-state index in [-0.39, 0.29) is 19.0 Å². The molecular formula is C36H34N4O7. The summed E-state index contributed by atoms with van der Waals surface area (Å²) in [6, 6.07) is 16.1. The van der Waals surface area contributed by atoms with Crippen molar-refractivity contribution >= 4 is 21.5 Å². The highest BCUT2D eigenvalue weighted by Gasteiger charge is 2.21. The Morgan fingerprint density at radius 2 is 1.47 bits per heavy atom. The van der Waals surface area contributed by atoms with Crippen molar-refractivity contribution in [3.8, 4) is 51.2 Å². The maximum Gasteiger partial charge on any atom is 0.280 e. The summed E-state index contributed by atoms with van der Waals surface area (Å²) >= 11 is 0. The SMILES string of the molecule is CCOc1cc2cc(CO)c(CO)c(-c3ccnc(-n4nc(-c5cccnc5)c5cc(OC)c(OC)cc5c4=O)c3)c2cc1OCC. The minimum atomic E-state index is -0.422. The summed E-state index contributed by atoms with van der Waals surface area (Å²) in [7, 11) is 3.04. The molecule has 6 rings (SSSR count). The molecular weight excluding hydrogens is 600 g/mol. The smallest absolute Gasteiger partial charge is 0.280 e. The lowest BCUT2D eigenvalue weighted by Gasteiger charge is -2.19. The fourth-order valence-corrected chi connectivity index (χ4v) is 5.82. The zero-order chi connectivity index (χ0) is 33.1. The van der Waals surface area contributed by atoms with Crippen LogP contribution in [0, 0.1) is 0 Å². The Morgan fingerprint density at radius 1 is 0.766 bits per heavy atom. The van der Waals surface area contributed by atoms with Crippen LogP contribution in [-0.4, -0.2) is 57.4 Å². The van der Waals surface area contributed by atoms with E-state index in [4.69, 9.17) is 24.0 Å². The monoisotopic (exact) mass is 634 g/mol. The first-order valence-corrected chi connectivity index (χ1v) is 15.1. The predicted molar refractivity (Wildman–Crippen MR) is 179 cm³/mol. The number of methoxy groups -OCH3 is 2. The van der Waals surface area contributed by atoms with Crippen LogP contribution in [0.4, 0.5) is 0 Å². The largest absolute Gasteiger partial charge is 0.493 e. The molecule has 2 N–H and O–H groups in total. The normalized spacial score (nSPS) is 11.2. The molecule has 0 aliphatic rings. The first kappa shape index (κ1) is 31.5. The van der Waals surface area contributed by atoms with E-state index >= 15 is 0 Å². The van der Waals surface area contributed by atoms with Crippen molar-refractivity contribution in [3.05, 3.63) is 94.7 Å². The molecule has 3 heterocycles. The highest BCUT2D eigenvalue weighted by atomic mass is 16.5. The quantitative estimate of drug-likeness (QED) is 0.189. The summed E-state index contributed by atoms with van der Waals surface area (Å²) in [5, 5.41) is 28.2. The summed E-state index contributed by atoms with van der Waals surface area (Å²) in [4.78, 5) is 22.9. The molecule has 0 unspecified atom stereocenters. The lowest BCUT2D eigenvalue weighted by molar-refractivity contribution is 0.260. The molecule has 0 spiro atoms. The third-order valence-corrected chi connectivity index (χ3v) is 7.92. The van der Waals surface area contributed by atoms with E-state index in [1.165, 1.54) is 18.9 Å². The number of nitrogens with zero attached hydrogens (tertiary/aromatic N) is 4. The van der Waals surface area contributed by atoms with Gasteiger partial charge >= 0.3 is 0 Å².